The summed E-state index contributed by atoms with van der Waals surface area (Å²) in [5, 5.41) is 0.484. The van der Waals surface area contributed by atoms with Crippen LogP contribution in [0.5, 0.6) is 5.75 Å². The minimum Gasteiger partial charge on any atom is -0.496 e. The van der Waals surface area contributed by atoms with E-state index >= 15 is 0 Å². The first-order valence-corrected chi connectivity index (χ1v) is 7.94. The Hall–Kier alpha value is -3.42. The van der Waals surface area contributed by atoms with Gasteiger partial charge >= 0.3 is 0 Å². The fourth-order valence-corrected chi connectivity index (χ4v) is 2.59. The number of methoxy groups -OCH3 is 1. The summed E-state index contributed by atoms with van der Waals surface area (Å²) < 4.78 is 19.9. The molecule has 26 heavy (non-hydrogen) atoms. The molecule has 3 rings (SSSR count). The lowest BCUT2D eigenvalue weighted by molar-refractivity contribution is 0.0958. The third-order valence-corrected chi connectivity index (χ3v) is 3.87. The highest BCUT2D eigenvalue weighted by Gasteiger charge is 2.15. The summed E-state index contributed by atoms with van der Waals surface area (Å²) >= 11 is 0. The third-order valence-electron chi connectivity index (χ3n) is 3.87. The van der Waals surface area contributed by atoms with Gasteiger partial charge in [0.15, 0.2) is 0 Å². The average Bonchev–Trinajstić information content (AvgIpc) is 2.66. The van der Waals surface area contributed by atoms with Crippen molar-refractivity contribution in [1.29, 1.82) is 0 Å². The van der Waals surface area contributed by atoms with E-state index in [4.69, 9.17) is 4.74 Å². The first-order chi connectivity index (χ1) is 12.5. The van der Waals surface area contributed by atoms with Gasteiger partial charge in [-0.15, -0.1) is 0 Å². The van der Waals surface area contributed by atoms with E-state index in [1.807, 2.05) is 0 Å². The SMILES string of the molecule is CCn1c(NNC(=O)c2cc(F)ccc2OC)nc2ccccc2c1=O. The van der Waals surface area contributed by atoms with E-state index in [0.29, 0.717) is 17.4 Å². The van der Waals surface area contributed by atoms with E-state index in [-0.39, 0.29) is 22.8 Å². The molecule has 0 spiro atoms. The van der Waals surface area contributed by atoms with Crippen LogP contribution in [-0.4, -0.2) is 22.6 Å². The van der Waals surface area contributed by atoms with Gasteiger partial charge in [0.1, 0.15) is 11.6 Å². The van der Waals surface area contributed by atoms with Gasteiger partial charge in [-0.1, -0.05) is 12.1 Å². The zero-order chi connectivity index (χ0) is 18.7. The van der Waals surface area contributed by atoms with Crippen LogP contribution in [0.25, 0.3) is 10.9 Å². The molecule has 0 aliphatic heterocycles. The quantitative estimate of drug-likeness (QED) is 0.686. The maximum atomic E-state index is 13.4. The number of nitrogens with zero attached hydrogens (tertiary/aromatic N) is 2. The van der Waals surface area contributed by atoms with Gasteiger partial charge < -0.3 is 4.74 Å². The number of carbonyl (C=O) groups excluding carboxylic acids is 1. The Kier molecular flexibility index (Phi) is 4.83. The Morgan fingerprint density at radius 1 is 1.27 bits per heavy atom. The summed E-state index contributed by atoms with van der Waals surface area (Å²) in [7, 11) is 1.39. The average molecular weight is 356 g/mol. The number of amides is 1. The van der Waals surface area contributed by atoms with Crippen molar-refractivity contribution >= 4 is 22.8 Å². The molecule has 0 bridgehead atoms. The number of benzene rings is 2. The van der Waals surface area contributed by atoms with Crippen molar-refractivity contribution in [3.05, 3.63) is 64.2 Å². The largest absolute Gasteiger partial charge is 0.496 e. The Balaban J connectivity index is 1.91. The summed E-state index contributed by atoms with van der Waals surface area (Å²) in [6.45, 7) is 2.15. The highest BCUT2D eigenvalue weighted by Crippen LogP contribution is 2.19. The maximum Gasteiger partial charge on any atom is 0.273 e. The zero-order valence-corrected chi connectivity index (χ0v) is 14.2. The smallest absolute Gasteiger partial charge is 0.273 e. The lowest BCUT2D eigenvalue weighted by Gasteiger charge is -2.15. The summed E-state index contributed by atoms with van der Waals surface area (Å²) in [5.74, 6) is -0.776. The molecule has 1 amide bonds. The second-order valence-electron chi connectivity index (χ2n) is 5.43. The van der Waals surface area contributed by atoms with Crippen LogP contribution < -0.4 is 21.1 Å². The lowest BCUT2D eigenvalue weighted by atomic mass is 10.2. The maximum absolute atomic E-state index is 13.4. The van der Waals surface area contributed by atoms with Gasteiger partial charge in [0.05, 0.1) is 23.6 Å². The lowest BCUT2D eigenvalue weighted by Crippen LogP contribution is -2.34. The number of hydrogen-bond donors (Lipinski definition) is 2. The zero-order valence-electron chi connectivity index (χ0n) is 14.2. The van der Waals surface area contributed by atoms with Crippen molar-refractivity contribution in [3.63, 3.8) is 0 Å². The number of halogens is 1. The molecule has 0 fully saturated rings. The molecule has 7 nitrogen and oxygen atoms in total. The first-order valence-electron chi connectivity index (χ1n) is 7.94. The second-order valence-corrected chi connectivity index (χ2v) is 5.43. The number of para-hydroxylation sites is 1. The first kappa shape index (κ1) is 17.4. The molecule has 1 aromatic heterocycles. The van der Waals surface area contributed by atoms with E-state index < -0.39 is 11.7 Å². The number of rotatable bonds is 5. The second kappa shape index (κ2) is 7.22. The molecular formula is C18H17FN4O3. The Morgan fingerprint density at radius 2 is 2.04 bits per heavy atom. The van der Waals surface area contributed by atoms with E-state index in [2.05, 4.69) is 15.8 Å². The number of ether oxygens (including phenoxy) is 1. The van der Waals surface area contributed by atoms with E-state index in [9.17, 15) is 14.0 Å². The van der Waals surface area contributed by atoms with Gasteiger partial charge in [0.25, 0.3) is 11.5 Å². The molecule has 3 aromatic rings. The predicted octanol–water partition coefficient (Wildman–Crippen LogP) is 2.32. The van der Waals surface area contributed by atoms with Crippen molar-refractivity contribution in [3.8, 4) is 5.75 Å². The summed E-state index contributed by atoms with van der Waals surface area (Å²) in [6.07, 6.45) is 0. The van der Waals surface area contributed by atoms with Crippen molar-refractivity contribution < 1.29 is 13.9 Å². The standard InChI is InChI=1S/C18H17FN4O3/c1-3-23-17(25)12-6-4-5-7-14(12)20-18(23)22-21-16(24)13-10-11(19)8-9-15(13)26-2/h4-10H,3H2,1-2H3,(H,20,22)(H,21,24). The minimum atomic E-state index is -0.619. The number of hydrogen-bond acceptors (Lipinski definition) is 5. The molecule has 0 saturated heterocycles. The van der Waals surface area contributed by atoms with Crippen LogP contribution in [0.1, 0.15) is 17.3 Å². The van der Waals surface area contributed by atoms with Crippen LogP contribution >= 0.6 is 0 Å². The van der Waals surface area contributed by atoms with Crippen molar-refractivity contribution in [1.82, 2.24) is 15.0 Å². The van der Waals surface area contributed by atoms with Crippen LogP contribution in [0.3, 0.4) is 0 Å². The fraction of sp³-hybridized carbons (Fsp3) is 0.167. The molecule has 0 unspecified atom stereocenters. The predicted molar refractivity (Wildman–Crippen MR) is 95.7 cm³/mol. The molecular weight excluding hydrogens is 339 g/mol. The van der Waals surface area contributed by atoms with Crippen LogP contribution in [0, 0.1) is 5.82 Å². The highest BCUT2D eigenvalue weighted by atomic mass is 19.1. The Bertz CT molecular complexity index is 1030. The number of anilines is 1. The number of nitrogens with one attached hydrogen (secondary N) is 2. The van der Waals surface area contributed by atoms with Crippen LogP contribution in [0.4, 0.5) is 10.3 Å². The molecule has 8 heteroatoms. The molecule has 0 saturated carbocycles. The van der Waals surface area contributed by atoms with Crippen molar-refractivity contribution in [2.75, 3.05) is 12.5 Å². The molecule has 0 aliphatic carbocycles. The summed E-state index contributed by atoms with van der Waals surface area (Å²) in [5.41, 5.74) is 5.36. The van der Waals surface area contributed by atoms with Gasteiger partial charge in [-0.25, -0.2) is 9.37 Å². The minimum absolute atomic E-state index is 0.0196. The van der Waals surface area contributed by atoms with E-state index in [1.54, 1.807) is 31.2 Å². The third kappa shape index (κ3) is 3.21. The van der Waals surface area contributed by atoms with Crippen molar-refractivity contribution in [2.45, 2.75) is 13.5 Å². The summed E-state index contributed by atoms with van der Waals surface area (Å²) in [4.78, 5) is 29.3. The topological polar surface area (TPSA) is 85.2 Å². The van der Waals surface area contributed by atoms with Crippen LogP contribution in [0.15, 0.2) is 47.3 Å². The number of fused-ring (bicyclic) bond motifs is 1. The van der Waals surface area contributed by atoms with Gasteiger partial charge in [0, 0.05) is 6.54 Å². The summed E-state index contributed by atoms with van der Waals surface area (Å²) in [6, 6.07) is 10.6. The molecule has 134 valence electrons. The monoisotopic (exact) mass is 356 g/mol. The van der Waals surface area contributed by atoms with E-state index in [1.165, 1.54) is 23.8 Å². The van der Waals surface area contributed by atoms with E-state index in [0.717, 1.165) is 6.07 Å². The molecule has 0 aliphatic rings. The van der Waals surface area contributed by atoms with Crippen LogP contribution in [-0.2, 0) is 6.54 Å². The van der Waals surface area contributed by atoms with Gasteiger partial charge in [-0.2, -0.15) is 0 Å². The Labute approximate surface area is 148 Å². The fourth-order valence-electron chi connectivity index (χ4n) is 2.59. The van der Waals surface area contributed by atoms with Gasteiger partial charge in [-0.3, -0.25) is 25.0 Å². The number of hydrazine groups is 1. The normalized spacial score (nSPS) is 10.6. The van der Waals surface area contributed by atoms with Gasteiger partial charge in [-0.05, 0) is 37.3 Å². The molecule has 1 heterocycles. The molecule has 2 aromatic carbocycles. The van der Waals surface area contributed by atoms with Crippen molar-refractivity contribution in [2.24, 2.45) is 0 Å². The molecule has 0 atom stereocenters. The highest BCUT2D eigenvalue weighted by molar-refractivity contribution is 5.97. The Morgan fingerprint density at radius 3 is 2.77 bits per heavy atom. The van der Waals surface area contributed by atoms with Crippen LogP contribution in [0.2, 0.25) is 0 Å². The molecule has 0 radical (unpaired) electrons. The molecule has 2 N–H and O–H groups in total. The van der Waals surface area contributed by atoms with Gasteiger partial charge in [0.2, 0.25) is 5.95 Å². The number of aromatic nitrogens is 2. The number of carbonyl (C=O) groups is 1.